The van der Waals surface area contributed by atoms with E-state index in [-0.39, 0.29) is 17.4 Å². The van der Waals surface area contributed by atoms with E-state index in [9.17, 15) is 14.9 Å². The van der Waals surface area contributed by atoms with E-state index >= 15 is 0 Å². The lowest BCUT2D eigenvalue weighted by Crippen LogP contribution is -2.40. The molecule has 0 radical (unpaired) electrons. The van der Waals surface area contributed by atoms with Gasteiger partial charge in [0.2, 0.25) is 0 Å². The third-order valence-electron chi connectivity index (χ3n) is 4.29. The summed E-state index contributed by atoms with van der Waals surface area (Å²) in [5.41, 5.74) is 0.675. The second-order valence-corrected chi connectivity index (χ2v) is 5.95. The van der Waals surface area contributed by atoms with Crippen LogP contribution in [0.2, 0.25) is 0 Å². The van der Waals surface area contributed by atoms with Gasteiger partial charge < -0.3 is 5.32 Å². The number of nitrogens with one attached hydrogen (secondary N) is 1. The molecule has 0 amide bonds. The van der Waals surface area contributed by atoms with Gasteiger partial charge in [-0.15, -0.1) is 0 Å². The van der Waals surface area contributed by atoms with Crippen molar-refractivity contribution in [3.8, 4) is 11.8 Å². The molecule has 1 unspecified atom stereocenters. The van der Waals surface area contributed by atoms with E-state index in [1.54, 1.807) is 10.9 Å². The highest BCUT2D eigenvalue weighted by Crippen LogP contribution is 2.20. The van der Waals surface area contributed by atoms with E-state index in [0.717, 1.165) is 15.8 Å². The molecule has 132 valence electrons. The van der Waals surface area contributed by atoms with Crippen molar-refractivity contribution in [2.45, 2.75) is 13.0 Å². The number of nitrogens with zero attached hydrogens (tertiary/aromatic N) is 5. The van der Waals surface area contributed by atoms with Crippen LogP contribution in [0.25, 0.3) is 5.69 Å². The van der Waals surface area contributed by atoms with Crippen LogP contribution in [-0.2, 0) is 14.1 Å². The van der Waals surface area contributed by atoms with Crippen molar-refractivity contribution in [2.75, 3.05) is 5.32 Å². The zero-order chi connectivity index (χ0) is 18.8. The highest BCUT2D eigenvalue weighted by molar-refractivity contribution is 5.52. The van der Waals surface area contributed by atoms with Gasteiger partial charge >= 0.3 is 5.69 Å². The molecule has 0 saturated carbocycles. The molecule has 0 bridgehead atoms. The van der Waals surface area contributed by atoms with Crippen molar-refractivity contribution < 1.29 is 0 Å². The Labute approximate surface area is 149 Å². The topological polar surface area (TPSA) is 97.6 Å². The maximum atomic E-state index is 12.2. The Kier molecular flexibility index (Phi) is 4.45. The minimum Gasteiger partial charge on any atom is -0.364 e. The van der Waals surface area contributed by atoms with Crippen molar-refractivity contribution in [3.05, 3.63) is 74.7 Å². The van der Waals surface area contributed by atoms with Crippen LogP contribution >= 0.6 is 0 Å². The molecule has 8 heteroatoms. The molecule has 26 heavy (non-hydrogen) atoms. The third kappa shape index (κ3) is 2.91. The van der Waals surface area contributed by atoms with E-state index in [4.69, 9.17) is 0 Å². The molecule has 0 aliphatic rings. The molecule has 0 spiro atoms. The summed E-state index contributed by atoms with van der Waals surface area (Å²) in [5.74, 6) is 0.212. The molecule has 1 aromatic carbocycles. The summed E-state index contributed by atoms with van der Waals surface area (Å²) in [4.78, 5) is 24.3. The molecule has 0 aliphatic carbocycles. The lowest BCUT2D eigenvalue weighted by Gasteiger charge is -2.19. The van der Waals surface area contributed by atoms with Gasteiger partial charge in [-0.1, -0.05) is 12.1 Å². The zero-order valence-electron chi connectivity index (χ0n) is 14.7. The Balaban J connectivity index is 1.94. The van der Waals surface area contributed by atoms with Crippen LogP contribution in [-0.4, -0.2) is 18.9 Å². The molecule has 0 fully saturated rings. The van der Waals surface area contributed by atoms with Crippen LogP contribution in [0.3, 0.4) is 0 Å². The van der Waals surface area contributed by atoms with Crippen LogP contribution in [0.15, 0.2) is 52.3 Å². The number of nitriles is 1. The first-order chi connectivity index (χ1) is 12.4. The van der Waals surface area contributed by atoms with Gasteiger partial charge in [0.1, 0.15) is 11.9 Å². The van der Waals surface area contributed by atoms with Crippen molar-refractivity contribution in [3.63, 3.8) is 0 Å². The molecular formula is C18H18N6O2. The van der Waals surface area contributed by atoms with Gasteiger partial charge in [-0.3, -0.25) is 13.9 Å². The maximum Gasteiger partial charge on any atom is 0.332 e. The first-order valence-corrected chi connectivity index (χ1v) is 8.00. The largest absolute Gasteiger partial charge is 0.364 e. The van der Waals surface area contributed by atoms with Crippen molar-refractivity contribution in [1.82, 2.24) is 18.9 Å². The summed E-state index contributed by atoms with van der Waals surface area (Å²) in [6.07, 6.45) is 3.56. The highest BCUT2D eigenvalue weighted by atomic mass is 16.2. The number of anilines is 1. The number of aromatic nitrogens is 4. The second kappa shape index (κ2) is 6.72. The molecule has 1 N–H and O–H groups in total. The van der Waals surface area contributed by atoms with Gasteiger partial charge in [0.05, 0.1) is 5.69 Å². The van der Waals surface area contributed by atoms with Gasteiger partial charge in [-0.05, 0) is 30.7 Å². The fourth-order valence-corrected chi connectivity index (χ4v) is 2.74. The predicted octanol–water partition coefficient (Wildman–Crippen LogP) is 1.31. The fourth-order valence-electron chi connectivity index (χ4n) is 2.74. The molecule has 2 aromatic heterocycles. The summed E-state index contributed by atoms with van der Waals surface area (Å²) in [7, 11) is 2.88. The fraction of sp³-hybridized carbons (Fsp3) is 0.222. The summed E-state index contributed by atoms with van der Waals surface area (Å²) < 4.78 is 3.95. The van der Waals surface area contributed by atoms with Crippen molar-refractivity contribution >= 4 is 5.82 Å². The van der Waals surface area contributed by atoms with E-state index < -0.39 is 11.2 Å². The third-order valence-corrected chi connectivity index (χ3v) is 4.29. The zero-order valence-corrected chi connectivity index (χ0v) is 14.7. The SMILES string of the molecule is CC(Nc1c(C#N)c(=O)n(C)c(=O)n1C)c1ccc(-n2cccn2)cc1. The van der Waals surface area contributed by atoms with Gasteiger partial charge in [-0.25, -0.2) is 9.48 Å². The molecule has 0 aliphatic heterocycles. The van der Waals surface area contributed by atoms with E-state index in [0.29, 0.717) is 0 Å². The Morgan fingerprint density at radius 2 is 1.85 bits per heavy atom. The molecule has 8 nitrogen and oxygen atoms in total. The number of hydrogen-bond donors (Lipinski definition) is 1. The molecule has 3 rings (SSSR count). The summed E-state index contributed by atoms with van der Waals surface area (Å²) in [6.45, 7) is 1.89. The minimum atomic E-state index is -0.612. The smallest absolute Gasteiger partial charge is 0.332 e. The molecule has 3 aromatic rings. The average molecular weight is 350 g/mol. The first-order valence-electron chi connectivity index (χ1n) is 8.00. The first kappa shape index (κ1) is 17.2. The summed E-state index contributed by atoms with van der Waals surface area (Å²) in [5, 5.41) is 16.6. The monoisotopic (exact) mass is 350 g/mol. The average Bonchev–Trinajstić information content (AvgIpc) is 3.19. The van der Waals surface area contributed by atoms with E-state index in [1.807, 2.05) is 49.5 Å². The standard InChI is InChI=1S/C18H18N6O2/c1-12(13-5-7-14(8-6-13)24-10-4-9-20-24)21-16-15(11-19)17(25)23(3)18(26)22(16)2/h4-10,12,21H,1-3H3. The van der Waals surface area contributed by atoms with Gasteiger partial charge in [0.15, 0.2) is 5.56 Å². The Morgan fingerprint density at radius 3 is 2.42 bits per heavy atom. The Hall–Kier alpha value is -3.60. The lowest BCUT2D eigenvalue weighted by molar-refractivity contribution is 0.678. The Morgan fingerprint density at radius 1 is 1.15 bits per heavy atom. The quantitative estimate of drug-likeness (QED) is 0.765. The van der Waals surface area contributed by atoms with Crippen molar-refractivity contribution in [2.24, 2.45) is 14.1 Å². The molecule has 1 atom stereocenters. The second-order valence-electron chi connectivity index (χ2n) is 5.95. The number of benzene rings is 1. The van der Waals surface area contributed by atoms with Crippen LogP contribution in [0.4, 0.5) is 5.82 Å². The van der Waals surface area contributed by atoms with Crippen LogP contribution in [0, 0.1) is 11.3 Å². The Bertz CT molecular complexity index is 1080. The van der Waals surface area contributed by atoms with Crippen LogP contribution < -0.4 is 16.6 Å². The predicted molar refractivity (Wildman–Crippen MR) is 97.2 cm³/mol. The summed E-state index contributed by atoms with van der Waals surface area (Å²) in [6, 6.07) is 11.2. The maximum absolute atomic E-state index is 12.2. The molecular weight excluding hydrogens is 332 g/mol. The van der Waals surface area contributed by atoms with E-state index in [1.165, 1.54) is 18.7 Å². The number of hydrogen-bond acceptors (Lipinski definition) is 5. The minimum absolute atomic E-state index is 0.0883. The lowest BCUT2D eigenvalue weighted by atomic mass is 10.1. The van der Waals surface area contributed by atoms with Crippen molar-refractivity contribution in [1.29, 1.82) is 5.26 Å². The van der Waals surface area contributed by atoms with E-state index in [2.05, 4.69) is 10.4 Å². The van der Waals surface area contributed by atoms with Gasteiger partial charge in [0, 0.05) is 32.5 Å². The van der Waals surface area contributed by atoms with Crippen LogP contribution in [0.5, 0.6) is 0 Å². The highest BCUT2D eigenvalue weighted by Gasteiger charge is 2.17. The summed E-state index contributed by atoms with van der Waals surface area (Å²) >= 11 is 0. The molecule has 0 saturated heterocycles. The normalized spacial score (nSPS) is 11.8. The van der Waals surface area contributed by atoms with Gasteiger partial charge in [0.25, 0.3) is 5.56 Å². The van der Waals surface area contributed by atoms with Gasteiger partial charge in [-0.2, -0.15) is 10.4 Å². The van der Waals surface area contributed by atoms with Crippen LogP contribution in [0.1, 0.15) is 24.1 Å². The number of rotatable bonds is 4. The molecule has 2 heterocycles.